The lowest BCUT2D eigenvalue weighted by Gasteiger charge is -1.92. The van der Waals surface area contributed by atoms with E-state index in [4.69, 9.17) is 0 Å². The quantitative estimate of drug-likeness (QED) is 0.240. The van der Waals surface area contributed by atoms with Gasteiger partial charge in [0.2, 0.25) is 0 Å². The van der Waals surface area contributed by atoms with Crippen molar-refractivity contribution in [3.8, 4) is 0 Å². The highest BCUT2D eigenvalue weighted by atomic mass is 32.2. The van der Waals surface area contributed by atoms with Crippen molar-refractivity contribution < 1.29 is 0 Å². The van der Waals surface area contributed by atoms with Crippen LogP contribution in [0.1, 0.15) is 25.7 Å². The smallest absolute Gasteiger partial charge is 0.111 e. The van der Waals surface area contributed by atoms with Crippen molar-refractivity contribution in [1.29, 1.82) is 0 Å². The van der Waals surface area contributed by atoms with Crippen LogP contribution in [0.25, 0.3) is 0 Å². The van der Waals surface area contributed by atoms with E-state index >= 15 is 0 Å². The van der Waals surface area contributed by atoms with Crippen LogP contribution in [0.5, 0.6) is 0 Å². The Morgan fingerprint density at radius 2 is 2.00 bits per heavy atom. The van der Waals surface area contributed by atoms with Crippen LogP contribution in [0.15, 0.2) is 34.8 Å². The predicted octanol–water partition coefficient (Wildman–Crippen LogP) is 4.40. The van der Waals surface area contributed by atoms with Crippen LogP contribution in [0.2, 0.25) is 0 Å². The molecule has 0 fully saturated rings. The summed E-state index contributed by atoms with van der Waals surface area (Å²) in [5.74, 6) is 1.77. The number of aliphatic imine (C=N–C) groups is 2. The molecule has 0 radical (unpaired) electrons. The number of hydrogen-bond donors (Lipinski definition) is 0. The van der Waals surface area contributed by atoms with Gasteiger partial charge in [0.25, 0.3) is 0 Å². The highest BCUT2D eigenvalue weighted by Gasteiger charge is 1.82. The van der Waals surface area contributed by atoms with Gasteiger partial charge in [-0.05, 0) is 31.9 Å². The standard InChI is InChI=1S/C13H22N2S2/c1-3-4-5-6-7-8-9-10-17-13-15-11-14-12-16-2/h3,8-9,11,13H,1,4-7,10,12H2,2H3. The molecule has 0 atom stereocenters. The van der Waals surface area contributed by atoms with Crippen molar-refractivity contribution in [1.82, 2.24) is 0 Å². The first-order chi connectivity index (χ1) is 8.41. The molecule has 0 bridgehead atoms. The minimum Gasteiger partial charge on any atom is -0.263 e. The van der Waals surface area contributed by atoms with Gasteiger partial charge >= 0.3 is 0 Å². The number of thioether (sulfide) groups is 2. The summed E-state index contributed by atoms with van der Waals surface area (Å²) in [5.41, 5.74) is 1.84. The monoisotopic (exact) mass is 270 g/mol. The van der Waals surface area contributed by atoms with Gasteiger partial charge in [0.1, 0.15) is 6.34 Å². The van der Waals surface area contributed by atoms with Gasteiger partial charge in [0, 0.05) is 5.75 Å². The van der Waals surface area contributed by atoms with Crippen molar-refractivity contribution in [2.45, 2.75) is 25.7 Å². The molecule has 0 aromatic carbocycles. The molecule has 0 unspecified atom stereocenters. The molecule has 0 aliphatic rings. The second kappa shape index (κ2) is 15.5. The van der Waals surface area contributed by atoms with Crippen LogP contribution >= 0.6 is 23.5 Å². The van der Waals surface area contributed by atoms with Crippen LogP contribution in [-0.4, -0.2) is 29.8 Å². The largest absolute Gasteiger partial charge is 0.263 e. The third-order valence-corrected chi connectivity index (χ3v) is 2.94. The molecule has 0 amide bonds. The summed E-state index contributed by atoms with van der Waals surface area (Å²) in [4.78, 5) is 8.12. The van der Waals surface area contributed by atoms with E-state index in [0.29, 0.717) is 0 Å². The van der Waals surface area contributed by atoms with E-state index < -0.39 is 0 Å². The van der Waals surface area contributed by atoms with E-state index in [1.807, 2.05) is 17.9 Å². The third-order valence-electron chi connectivity index (χ3n) is 1.88. The Balaban J connectivity index is 3.26. The molecule has 2 nitrogen and oxygen atoms in total. The number of unbranched alkanes of at least 4 members (excludes halogenated alkanes) is 3. The molecule has 4 heteroatoms. The molecule has 0 aromatic heterocycles. The van der Waals surface area contributed by atoms with Gasteiger partial charge in [0.15, 0.2) is 0 Å². The van der Waals surface area contributed by atoms with E-state index in [1.54, 1.807) is 29.9 Å². The SMILES string of the molecule is C=CCCCCC=CCSC=NC=NCSC. The minimum atomic E-state index is 0.784. The Hall–Kier alpha value is -0.480. The summed E-state index contributed by atoms with van der Waals surface area (Å²) >= 11 is 3.38. The Morgan fingerprint density at radius 3 is 2.76 bits per heavy atom. The maximum atomic E-state index is 4.07. The molecule has 96 valence electrons. The van der Waals surface area contributed by atoms with Crippen molar-refractivity contribution >= 4 is 35.4 Å². The zero-order valence-electron chi connectivity index (χ0n) is 10.5. The second-order valence-corrected chi connectivity index (χ2v) is 5.06. The van der Waals surface area contributed by atoms with Gasteiger partial charge in [-0.25, -0.2) is 4.99 Å². The highest BCUT2D eigenvalue weighted by molar-refractivity contribution is 8.12. The first-order valence-electron chi connectivity index (χ1n) is 5.78. The first-order valence-corrected chi connectivity index (χ1v) is 8.22. The van der Waals surface area contributed by atoms with E-state index in [1.165, 1.54) is 19.3 Å². The molecule has 0 rings (SSSR count). The molecule has 0 N–H and O–H groups in total. The van der Waals surface area contributed by atoms with Crippen molar-refractivity contribution in [2.75, 3.05) is 17.9 Å². The molecule has 17 heavy (non-hydrogen) atoms. The lowest BCUT2D eigenvalue weighted by atomic mass is 10.2. The van der Waals surface area contributed by atoms with Crippen molar-refractivity contribution in [3.05, 3.63) is 24.8 Å². The molecular formula is C13H22N2S2. The molecule has 0 aromatic rings. The molecular weight excluding hydrogens is 248 g/mol. The van der Waals surface area contributed by atoms with E-state index in [9.17, 15) is 0 Å². The summed E-state index contributed by atoms with van der Waals surface area (Å²) in [7, 11) is 0. The topological polar surface area (TPSA) is 24.7 Å². The maximum absolute atomic E-state index is 4.07. The van der Waals surface area contributed by atoms with Crippen LogP contribution in [0.3, 0.4) is 0 Å². The number of hydrogen-bond acceptors (Lipinski definition) is 3. The minimum absolute atomic E-state index is 0.784. The molecule has 0 saturated heterocycles. The lowest BCUT2D eigenvalue weighted by Crippen LogP contribution is -1.75. The zero-order valence-corrected chi connectivity index (χ0v) is 12.2. The lowest BCUT2D eigenvalue weighted by molar-refractivity contribution is 0.762. The van der Waals surface area contributed by atoms with E-state index in [0.717, 1.165) is 18.1 Å². The van der Waals surface area contributed by atoms with Gasteiger partial charge in [-0.15, -0.1) is 30.1 Å². The fourth-order valence-electron chi connectivity index (χ4n) is 1.06. The Bertz CT molecular complexity index is 248. The summed E-state index contributed by atoms with van der Waals surface area (Å²) in [6.07, 6.45) is 14.9. The molecule has 0 aliphatic carbocycles. The third kappa shape index (κ3) is 15.5. The Morgan fingerprint density at radius 1 is 1.18 bits per heavy atom. The van der Waals surface area contributed by atoms with Crippen molar-refractivity contribution in [2.24, 2.45) is 9.98 Å². The van der Waals surface area contributed by atoms with Crippen LogP contribution in [0.4, 0.5) is 0 Å². The highest BCUT2D eigenvalue weighted by Crippen LogP contribution is 2.02. The summed E-state index contributed by atoms with van der Waals surface area (Å²) in [5, 5.41) is 0. The fourth-order valence-corrected chi connectivity index (χ4v) is 1.75. The van der Waals surface area contributed by atoms with Gasteiger partial charge in [-0.1, -0.05) is 18.2 Å². The average Bonchev–Trinajstić information content (AvgIpc) is 2.35. The number of nitrogens with zero attached hydrogens (tertiary/aromatic N) is 2. The average molecular weight is 270 g/mol. The van der Waals surface area contributed by atoms with Gasteiger partial charge < -0.3 is 0 Å². The first kappa shape index (κ1) is 16.5. The fraction of sp³-hybridized carbons (Fsp3) is 0.538. The molecule has 0 saturated carbocycles. The summed E-state index contributed by atoms with van der Waals surface area (Å²) in [6, 6.07) is 0. The maximum Gasteiger partial charge on any atom is 0.111 e. The zero-order chi connectivity index (χ0) is 12.6. The molecule has 0 aliphatic heterocycles. The number of rotatable bonds is 11. The van der Waals surface area contributed by atoms with Gasteiger partial charge in [-0.2, -0.15) is 0 Å². The summed E-state index contributed by atoms with van der Waals surface area (Å²) in [6.45, 7) is 3.71. The Labute approximate surface area is 114 Å². The second-order valence-electron chi connectivity index (χ2n) is 3.35. The molecule has 0 heterocycles. The van der Waals surface area contributed by atoms with Crippen LogP contribution in [-0.2, 0) is 0 Å². The van der Waals surface area contributed by atoms with Crippen molar-refractivity contribution in [3.63, 3.8) is 0 Å². The van der Waals surface area contributed by atoms with E-state index in [-0.39, 0.29) is 0 Å². The summed E-state index contributed by atoms with van der Waals surface area (Å²) < 4.78 is 0. The normalized spacial score (nSPS) is 12.1. The predicted molar refractivity (Wildman–Crippen MR) is 85.6 cm³/mol. The molecule has 0 spiro atoms. The van der Waals surface area contributed by atoms with Crippen LogP contribution < -0.4 is 0 Å². The van der Waals surface area contributed by atoms with Gasteiger partial charge in [0.05, 0.1) is 11.4 Å². The van der Waals surface area contributed by atoms with Gasteiger partial charge in [-0.3, -0.25) is 4.99 Å². The van der Waals surface area contributed by atoms with Crippen LogP contribution in [0, 0.1) is 0 Å². The Kier molecular flexibility index (Phi) is 15.1. The number of allylic oxidation sites excluding steroid dienone is 2. The van der Waals surface area contributed by atoms with E-state index in [2.05, 4.69) is 28.7 Å².